The second kappa shape index (κ2) is 14.8. The number of para-hydroxylation sites is 1. The molecule has 7 aromatic rings. The third-order valence-electron chi connectivity index (χ3n) is 17.1. The summed E-state index contributed by atoms with van der Waals surface area (Å²) in [5.74, 6) is 4.00. The fourth-order valence-electron chi connectivity index (χ4n) is 14.2. The van der Waals surface area contributed by atoms with Crippen molar-refractivity contribution in [2.75, 3.05) is 4.90 Å². The van der Waals surface area contributed by atoms with Gasteiger partial charge >= 0.3 is 0 Å². The molecule has 1 spiro atoms. The van der Waals surface area contributed by atoms with Crippen molar-refractivity contribution in [1.29, 1.82) is 0 Å². The summed E-state index contributed by atoms with van der Waals surface area (Å²) < 4.78 is 0. The molecule has 5 unspecified atom stereocenters. The van der Waals surface area contributed by atoms with E-state index in [1.165, 1.54) is 136 Å². The van der Waals surface area contributed by atoms with E-state index >= 15 is 0 Å². The van der Waals surface area contributed by atoms with Gasteiger partial charge < -0.3 is 4.90 Å². The summed E-state index contributed by atoms with van der Waals surface area (Å²) in [5, 5.41) is 2.77. The van der Waals surface area contributed by atoms with Crippen molar-refractivity contribution in [3.63, 3.8) is 0 Å². The molecule has 5 atom stereocenters. The molecule has 5 saturated carbocycles. The maximum Gasteiger partial charge on any atom is 0.0540 e. The Morgan fingerprint density at radius 3 is 1.89 bits per heavy atom. The minimum atomic E-state index is -0.0155. The maximum absolute atomic E-state index is 2.64. The predicted molar refractivity (Wildman–Crippen MR) is 271 cm³/mol. The second-order valence-electron chi connectivity index (χ2n) is 22.8. The largest absolute Gasteiger partial charge is 0.310 e. The third-order valence-corrected chi connectivity index (χ3v) is 17.1. The molecule has 0 aromatic heterocycles. The van der Waals surface area contributed by atoms with Crippen LogP contribution in [0.3, 0.4) is 0 Å². The van der Waals surface area contributed by atoms with Crippen LogP contribution >= 0.6 is 0 Å². The van der Waals surface area contributed by atoms with E-state index in [-0.39, 0.29) is 16.2 Å². The summed E-state index contributed by atoms with van der Waals surface area (Å²) in [5.41, 5.74) is 19.5. The molecule has 7 aromatic carbocycles. The Balaban J connectivity index is 1.02. The third kappa shape index (κ3) is 6.23. The molecule has 0 radical (unpaired) electrons. The number of nitrogens with zero attached hydrogens (tertiary/aromatic N) is 1. The van der Waals surface area contributed by atoms with Crippen LogP contribution < -0.4 is 4.90 Å². The Labute approximate surface area is 383 Å². The van der Waals surface area contributed by atoms with Gasteiger partial charge in [0.15, 0.2) is 0 Å². The normalized spacial score (nSPS) is 23.5. The lowest BCUT2D eigenvalue weighted by Gasteiger charge is -2.44. The number of fused-ring (bicyclic) bond motifs is 4. The van der Waals surface area contributed by atoms with E-state index in [1.54, 1.807) is 11.1 Å². The molecule has 0 saturated heterocycles. The van der Waals surface area contributed by atoms with Gasteiger partial charge in [-0.2, -0.15) is 0 Å². The van der Waals surface area contributed by atoms with Gasteiger partial charge in [-0.1, -0.05) is 170 Å². The van der Waals surface area contributed by atoms with Gasteiger partial charge in [-0.25, -0.2) is 0 Å². The van der Waals surface area contributed by atoms with Crippen LogP contribution in [0.2, 0.25) is 0 Å². The molecule has 0 N–H and O–H groups in total. The van der Waals surface area contributed by atoms with Gasteiger partial charge in [-0.3, -0.25) is 0 Å². The van der Waals surface area contributed by atoms with Gasteiger partial charge in [0.05, 0.1) is 5.69 Å². The smallest absolute Gasteiger partial charge is 0.0540 e. The highest BCUT2D eigenvalue weighted by molar-refractivity contribution is 6.03. The van der Waals surface area contributed by atoms with Gasteiger partial charge in [-0.15, -0.1) is 0 Å². The van der Waals surface area contributed by atoms with Crippen LogP contribution in [0.4, 0.5) is 17.1 Å². The fraction of sp³-hybridized carbons (Fsp3) is 0.365. The number of benzene rings is 7. The van der Waals surface area contributed by atoms with Crippen molar-refractivity contribution in [3.8, 4) is 33.4 Å². The molecule has 5 fully saturated rings. The summed E-state index contributed by atoms with van der Waals surface area (Å²) in [6.45, 7) is 14.1. The summed E-state index contributed by atoms with van der Waals surface area (Å²) in [4.78, 5) is 2.58. The SMILES string of the molecule is CC(C)(C)c1cc(N(c2ccc(-c3ccc4c(c3)C3(c5ccccc5-4)C4CC5CC(C4)C3C5)cc2)c2ccccc2-c2cccc3cccc(C4CCCCC4)c23)cc(C(C)(C)C)c1. The first-order valence-corrected chi connectivity index (χ1v) is 24.9. The van der Waals surface area contributed by atoms with E-state index in [4.69, 9.17) is 0 Å². The van der Waals surface area contributed by atoms with Crippen LogP contribution in [0, 0.1) is 23.7 Å². The maximum atomic E-state index is 2.64. The first kappa shape index (κ1) is 40.1. The first-order chi connectivity index (χ1) is 31.0. The highest BCUT2D eigenvalue weighted by Crippen LogP contribution is 2.73. The van der Waals surface area contributed by atoms with Gasteiger partial charge in [0.1, 0.15) is 0 Å². The zero-order valence-corrected chi connectivity index (χ0v) is 39.1. The van der Waals surface area contributed by atoms with E-state index < -0.39 is 0 Å². The van der Waals surface area contributed by atoms with E-state index in [1.807, 2.05) is 0 Å². The van der Waals surface area contributed by atoms with E-state index in [2.05, 4.69) is 192 Å². The highest BCUT2D eigenvalue weighted by Gasteiger charge is 2.66. The van der Waals surface area contributed by atoms with E-state index in [0.29, 0.717) is 5.92 Å². The molecule has 6 aliphatic carbocycles. The zero-order chi connectivity index (χ0) is 43.5. The fourth-order valence-corrected chi connectivity index (χ4v) is 14.2. The molecule has 322 valence electrons. The van der Waals surface area contributed by atoms with Crippen molar-refractivity contribution in [2.24, 2.45) is 23.7 Å². The standard InChI is InChI=1S/C63H65N/c1-61(2,3)46-37-47(62(4,5)6)39-50(38-46)64(59-25-13-11-21-54(59)55-23-15-19-43-18-14-22-51(60(43)55)42-16-8-7-9-17-42)49-29-26-41(27-30-49)44-28-31-53-52-20-10-12-24-56(52)63(58(53)36-44)48-33-40-32-45(35-48)57(63)34-40/h10-15,18-31,36-40,42,45,48,57H,7-9,16-17,32-35H2,1-6H3. The van der Waals surface area contributed by atoms with E-state index in [0.717, 1.165) is 23.7 Å². The minimum Gasteiger partial charge on any atom is -0.310 e. The van der Waals surface area contributed by atoms with Crippen molar-refractivity contribution >= 4 is 27.8 Å². The molecule has 64 heavy (non-hydrogen) atoms. The average molecular weight is 836 g/mol. The van der Waals surface area contributed by atoms with Crippen molar-refractivity contribution in [3.05, 3.63) is 173 Å². The van der Waals surface area contributed by atoms with Crippen LogP contribution in [0.1, 0.15) is 133 Å². The van der Waals surface area contributed by atoms with Crippen molar-refractivity contribution in [1.82, 2.24) is 0 Å². The minimum absolute atomic E-state index is 0.0155. The predicted octanol–water partition coefficient (Wildman–Crippen LogP) is 17.6. The van der Waals surface area contributed by atoms with Gasteiger partial charge in [-0.05, 0) is 182 Å². The topological polar surface area (TPSA) is 3.24 Å². The Morgan fingerprint density at radius 2 is 1.16 bits per heavy atom. The van der Waals surface area contributed by atoms with Crippen molar-refractivity contribution < 1.29 is 0 Å². The Morgan fingerprint density at radius 1 is 0.500 bits per heavy atom. The molecule has 0 aliphatic heterocycles. The zero-order valence-electron chi connectivity index (χ0n) is 39.1. The summed E-state index contributed by atoms with van der Waals surface area (Å²) in [6.07, 6.45) is 12.3. The molecule has 0 heterocycles. The van der Waals surface area contributed by atoms with Crippen LogP contribution in [0.15, 0.2) is 146 Å². The second-order valence-corrected chi connectivity index (χ2v) is 22.8. The van der Waals surface area contributed by atoms with Crippen molar-refractivity contribution in [2.45, 2.75) is 121 Å². The van der Waals surface area contributed by atoms with Gasteiger partial charge in [0, 0.05) is 22.4 Å². The van der Waals surface area contributed by atoms with E-state index in [9.17, 15) is 0 Å². The van der Waals surface area contributed by atoms with Crippen LogP contribution in [-0.2, 0) is 16.2 Å². The number of hydrogen-bond donors (Lipinski definition) is 0. The quantitative estimate of drug-likeness (QED) is 0.161. The van der Waals surface area contributed by atoms with Crippen LogP contribution in [-0.4, -0.2) is 0 Å². The molecule has 1 heteroatoms. The number of anilines is 3. The van der Waals surface area contributed by atoms with Gasteiger partial charge in [0.25, 0.3) is 0 Å². The lowest BCUT2D eigenvalue weighted by atomic mass is 9.59. The first-order valence-electron chi connectivity index (χ1n) is 24.9. The molecule has 0 amide bonds. The summed E-state index contributed by atoms with van der Waals surface area (Å²) in [7, 11) is 0. The highest BCUT2D eigenvalue weighted by atomic mass is 15.1. The number of hydrogen-bond acceptors (Lipinski definition) is 1. The average Bonchev–Trinajstić information content (AvgIpc) is 3.85. The lowest BCUT2D eigenvalue weighted by Crippen LogP contribution is -2.40. The molecule has 4 bridgehead atoms. The lowest BCUT2D eigenvalue weighted by molar-refractivity contribution is 0.191. The summed E-state index contributed by atoms with van der Waals surface area (Å²) in [6, 6.07) is 57.3. The molecular formula is C63H65N. The number of rotatable bonds is 6. The molecular weight excluding hydrogens is 771 g/mol. The molecule has 13 rings (SSSR count). The Hall–Kier alpha value is -5.40. The Bertz CT molecular complexity index is 2890. The van der Waals surface area contributed by atoms with Gasteiger partial charge in [0.2, 0.25) is 0 Å². The Kier molecular flexibility index (Phi) is 9.29. The monoisotopic (exact) mass is 836 g/mol. The molecule has 6 aliphatic rings. The van der Waals surface area contributed by atoms with Crippen LogP contribution in [0.25, 0.3) is 44.2 Å². The van der Waals surface area contributed by atoms with Crippen LogP contribution in [0.5, 0.6) is 0 Å². The summed E-state index contributed by atoms with van der Waals surface area (Å²) >= 11 is 0. The molecule has 1 nitrogen and oxygen atoms in total.